The van der Waals surface area contributed by atoms with E-state index in [1.807, 2.05) is 0 Å². The summed E-state index contributed by atoms with van der Waals surface area (Å²) in [5.74, 6) is 2.30. The van der Waals surface area contributed by atoms with Gasteiger partial charge in [0.1, 0.15) is 0 Å². The number of aliphatic hydroxyl groups is 2. The topological polar surface area (TPSA) is 116 Å². The molecule has 1 aromatic carbocycles. The van der Waals surface area contributed by atoms with Crippen LogP contribution in [-0.4, -0.2) is 43.4 Å². The van der Waals surface area contributed by atoms with Gasteiger partial charge in [0, 0.05) is 6.54 Å². The maximum Gasteiger partial charge on any atom is 0.328 e. The van der Waals surface area contributed by atoms with Gasteiger partial charge in [0.05, 0.1) is 17.1 Å². The molecule has 45 heavy (non-hydrogen) atoms. The van der Waals surface area contributed by atoms with Gasteiger partial charge in [-0.05, 0) is 127 Å². The minimum atomic E-state index is -3.96. The van der Waals surface area contributed by atoms with E-state index in [0.29, 0.717) is 30.2 Å². The summed E-state index contributed by atoms with van der Waals surface area (Å²) < 4.78 is 27.9. The van der Waals surface area contributed by atoms with Crippen LogP contribution in [0.1, 0.15) is 125 Å². The second kappa shape index (κ2) is 13.8. The van der Waals surface area contributed by atoms with Gasteiger partial charge in [0.25, 0.3) is 10.0 Å². The number of fused-ring (bicyclic) bond motifs is 1. The number of urea groups is 1. The Morgan fingerprint density at radius 2 is 1.60 bits per heavy atom. The van der Waals surface area contributed by atoms with Crippen LogP contribution in [0.25, 0.3) is 0 Å². The molecule has 3 fully saturated rings. The van der Waals surface area contributed by atoms with Crippen LogP contribution in [0.3, 0.4) is 0 Å². The molecule has 8 heteroatoms. The maximum atomic E-state index is 12.8. The van der Waals surface area contributed by atoms with Gasteiger partial charge in [-0.15, -0.1) is 0 Å². The molecule has 4 rings (SSSR count). The van der Waals surface area contributed by atoms with E-state index in [1.54, 1.807) is 24.3 Å². The van der Waals surface area contributed by atoms with Gasteiger partial charge >= 0.3 is 6.03 Å². The highest BCUT2D eigenvalue weighted by molar-refractivity contribution is 7.90. The molecule has 0 heterocycles. The van der Waals surface area contributed by atoms with Crippen LogP contribution in [0.15, 0.2) is 29.2 Å². The SMILES string of the molecule is CC[C@H](C)[C@@H](O)[C@@H]1[C@@H](C2(C)CCC(O)CC2)CC[C@]2(C)[C@@H]([C@H](C)CCNC(=O)NS(=O)(=O)c3ccc(C(C)(C)C)cc3)CC[C@@H]12. The Bertz CT molecular complexity index is 1250. The van der Waals surface area contributed by atoms with Crippen molar-refractivity contribution in [2.24, 2.45) is 46.3 Å². The van der Waals surface area contributed by atoms with Crippen molar-refractivity contribution >= 4 is 16.1 Å². The summed E-state index contributed by atoms with van der Waals surface area (Å²) in [6.07, 6.45) is 9.57. The zero-order chi connectivity index (χ0) is 33.4. The Labute approximate surface area is 273 Å². The molecule has 1 aromatic rings. The lowest BCUT2D eigenvalue weighted by Gasteiger charge is -2.57. The summed E-state index contributed by atoms with van der Waals surface area (Å²) in [6.45, 7) is 18.2. The lowest BCUT2D eigenvalue weighted by molar-refractivity contribution is -0.123. The van der Waals surface area contributed by atoms with Crippen molar-refractivity contribution < 1.29 is 23.4 Å². The number of hydrogen-bond donors (Lipinski definition) is 4. The lowest BCUT2D eigenvalue weighted by atomic mass is 9.48. The van der Waals surface area contributed by atoms with Crippen molar-refractivity contribution in [2.45, 2.75) is 142 Å². The van der Waals surface area contributed by atoms with Gasteiger partial charge in [-0.25, -0.2) is 17.9 Å². The molecule has 0 radical (unpaired) electrons. The Morgan fingerprint density at radius 1 is 0.978 bits per heavy atom. The molecule has 2 amide bonds. The minimum Gasteiger partial charge on any atom is -0.393 e. The Kier molecular flexibility index (Phi) is 11.1. The van der Waals surface area contributed by atoms with Crippen LogP contribution >= 0.6 is 0 Å². The average Bonchev–Trinajstić information content (AvgIpc) is 3.33. The normalized spacial score (nSPS) is 34.4. The third-order valence-corrected chi connectivity index (χ3v) is 14.2. The number of hydrogen-bond acceptors (Lipinski definition) is 5. The molecular formula is C37H62N2O5S. The first kappa shape index (κ1) is 36.2. The summed E-state index contributed by atoms with van der Waals surface area (Å²) in [6, 6.07) is 5.99. The van der Waals surface area contributed by atoms with Crippen molar-refractivity contribution in [1.82, 2.24) is 10.0 Å². The van der Waals surface area contributed by atoms with Crippen molar-refractivity contribution in [1.29, 1.82) is 0 Å². The zero-order valence-corrected chi connectivity index (χ0v) is 30.1. The second-order valence-electron chi connectivity index (χ2n) is 16.7. The van der Waals surface area contributed by atoms with Gasteiger partial charge in [0.15, 0.2) is 0 Å². The summed E-state index contributed by atoms with van der Waals surface area (Å²) >= 11 is 0. The molecule has 0 spiro atoms. The molecule has 256 valence electrons. The molecule has 3 saturated carbocycles. The van der Waals surface area contributed by atoms with Crippen LogP contribution in [-0.2, 0) is 15.4 Å². The smallest absolute Gasteiger partial charge is 0.328 e. The number of carbonyl (C=O) groups excluding carboxylic acids is 1. The fourth-order valence-electron chi connectivity index (χ4n) is 9.68. The molecule has 0 unspecified atom stereocenters. The number of carbonyl (C=O) groups is 1. The predicted octanol–water partition coefficient (Wildman–Crippen LogP) is 7.41. The third kappa shape index (κ3) is 7.75. The van der Waals surface area contributed by atoms with E-state index in [1.165, 1.54) is 0 Å². The molecule has 0 saturated heterocycles. The van der Waals surface area contributed by atoms with Crippen molar-refractivity contribution in [3.05, 3.63) is 29.8 Å². The molecule has 7 nitrogen and oxygen atoms in total. The van der Waals surface area contributed by atoms with E-state index < -0.39 is 16.1 Å². The van der Waals surface area contributed by atoms with Gasteiger partial charge in [-0.1, -0.05) is 73.9 Å². The highest BCUT2D eigenvalue weighted by Gasteiger charge is 2.59. The van der Waals surface area contributed by atoms with E-state index in [-0.39, 0.29) is 45.2 Å². The standard InChI is InChI=1S/C37H62N2O5S/c1-9-24(2)33(41)32-30(36(7)20-16-27(40)17-21-36)18-22-37(8)29(14-15-31(32)37)25(3)19-23-38-34(42)39-45(43,44)28-12-10-26(11-13-28)35(4,5)6/h10-13,24-25,27,29-33,40-41H,9,14-23H2,1-8H3,(H2,38,39,42)/t24-,25+,27?,29+,30-,31-,32+,33+,36?,37+/m0/s1. The number of benzene rings is 1. The largest absolute Gasteiger partial charge is 0.393 e. The molecule has 4 N–H and O–H groups in total. The second-order valence-corrected chi connectivity index (χ2v) is 18.4. The van der Waals surface area contributed by atoms with Crippen LogP contribution < -0.4 is 10.0 Å². The van der Waals surface area contributed by atoms with E-state index in [0.717, 1.165) is 69.8 Å². The first-order valence-corrected chi connectivity index (χ1v) is 19.2. The molecule has 0 aliphatic heterocycles. The minimum absolute atomic E-state index is 0.0759. The van der Waals surface area contributed by atoms with Crippen molar-refractivity contribution in [2.75, 3.05) is 6.54 Å². The summed E-state index contributed by atoms with van der Waals surface area (Å²) in [5, 5.41) is 24.9. The molecular weight excluding hydrogens is 584 g/mol. The first-order valence-electron chi connectivity index (χ1n) is 17.7. The fourth-order valence-corrected chi connectivity index (χ4v) is 10.6. The van der Waals surface area contributed by atoms with Gasteiger partial charge in [0.2, 0.25) is 0 Å². The van der Waals surface area contributed by atoms with Crippen molar-refractivity contribution in [3.63, 3.8) is 0 Å². The zero-order valence-electron chi connectivity index (χ0n) is 29.2. The summed E-state index contributed by atoms with van der Waals surface area (Å²) in [4.78, 5) is 12.7. The summed E-state index contributed by atoms with van der Waals surface area (Å²) in [7, 11) is -3.96. The Hall–Kier alpha value is -1.64. The van der Waals surface area contributed by atoms with E-state index in [9.17, 15) is 23.4 Å². The number of aliphatic hydroxyl groups excluding tert-OH is 2. The molecule has 0 aromatic heterocycles. The molecule has 3 aliphatic carbocycles. The van der Waals surface area contributed by atoms with Gasteiger partial charge in [-0.3, -0.25) is 0 Å². The molecule has 0 bridgehead atoms. The maximum absolute atomic E-state index is 12.8. The molecule has 3 aliphatic rings. The highest BCUT2D eigenvalue weighted by atomic mass is 32.2. The number of rotatable bonds is 10. The van der Waals surface area contributed by atoms with E-state index >= 15 is 0 Å². The van der Waals surface area contributed by atoms with Crippen LogP contribution in [0.4, 0.5) is 4.79 Å². The van der Waals surface area contributed by atoms with Crippen LogP contribution in [0.5, 0.6) is 0 Å². The van der Waals surface area contributed by atoms with Crippen molar-refractivity contribution in [3.8, 4) is 0 Å². The van der Waals surface area contributed by atoms with Gasteiger partial charge in [-0.2, -0.15) is 0 Å². The lowest BCUT2D eigenvalue weighted by Crippen LogP contribution is -2.53. The Balaban J connectivity index is 1.38. The number of amides is 2. The van der Waals surface area contributed by atoms with Crippen LogP contribution in [0.2, 0.25) is 0 Å². The van der Waals surface area contributed by atoms with Gasteiger partial charge < -0.3 is 15.5 Å². The van der Waals surface area contributed by atoms with E-state index in [2.05, 4.69) is 65.4 Å². The van der Waals surface area contributed by atoms with E-state index in [4.69, 9.17) is 0 Å². The highest BCUT2D eigenvalue weighted by Crippen LogP contribution is 2.65. The Morgan fingerprint density at radius 3 is 2.18 bits per heavy atom. The quantitative estimate of drug-likeness (QED) is 0.211. The number of sulfonamides is 1. The fraction of sp³-hybridized carbons (Fsp3) is 0.811. The summed E-state index contributed by atoms with van der Waals surface area (Å²) in [5.41, 5.74) is 1.23. The van der Waals surface area contributed by atoms with Crippen LogP contribution in [0, 0.1) is 46.3 Å². The first-order chi connectivity index (χ1) is 20.9. The monoisotopic (exact) mass is 646 g/mol. The molecule has 8 atom stereocenters. The predicted molar refractivity (Wildman–Crippen MR) is 181 cm³/mol. The average molecular weight is 647 g/mol. The number of nitrogens with one attached hydrogen (secondary N) is 2. The third-order valence-electron chi connectivity index (χ3n) is 12.8.